The van der Waals surface area contributed by atoms with Crippen molar-refractivity contribution in [3.8, 4) is 0 Å². The molecule has 0 heterocycles. The molecule has 0 spiro atoms. The quantitative estimate of drug-likeness (QED) is 0.107. The van der Waals surface area contributed by atoms with Crippen LogP contribution in [0.1, 0.15) is 113 Å². The van der Waals surface area contributed by atoms with Crippen molar-refractivity contribution in [1.82, 2.24) is 0 Å². The van der Waals surface area contributed by atoms with Gasteiger partial charge in [-0.1, -0.05) is 90.4 Å². The van der Waals surface area contributed by atoms with Crippen LogP contribution >= 0.6 is 0 Å². The number of carbonyl (C=O) groups excluding carboxylic acids is 3. The van der Waals surface area contributed by atoms with E-state index in [1.54, 1.807) is 39.8 Å². The van der Waals surface area contributed by atoms with Crippen molar-refractivity contribution in [3.63, 3.8) is 0 Å². The van der Waals surface area contributed by atoms with Gasteiger partial charge in [0.25, 0.3) is 0 Å². The van der Waals surface area contributed by atoms with Gasteiger partial charge in [0.15, 0.2) is 11.4 Å². The second-order valence-electron chi connectivity index (χ2n) is 14.7. The summed E-state index contributed by atoms with van der Waals surface area (Å²) >= 11 is 0. The van der Waals surface area contributed by atoms with Gasteiger partial charge in [0, 0.05) is 48.0 Å². The monoisotopic (exact) mass is 614 g/mol. The Morgan fingerprint density at radius 2 is 1.64 bits per heavy atom. The molecule has 2 saturated carbocycles. The highest BCUT2D eigenvalue weighted by atomic mass is 16.6. The van der Waals surface area contributed by atoms with Gasteiger partial charge in [-0.25, -0.2) is 4.79 Å². The molecule has 0 radical (unpaired) electrons. The molecular formula is C36H54O8. The Morgan fingerprint density at radius 1 is 1.02 bits per heavy atom. The number of rotatable bonds is 13. The minimum atomic E-state index is -1.94. The van der Waals surface area contributed by atoms with Crippen molar-refractivity contribution in [2.24, 2.45) is 29.1 Å². The lowest BCUT2D eigenvalue weighted by atomic mass is 9.59. The summed E-state index contributed by atoms with van der Waals surface area (Å²) in [5.74, 6) is -4.46. The number of ketones is 1. The number of aliphatic hydroxyl groups is 3. The number of carbonyl (C=O) groups is 3. The van der Waals surface area contributed by atoms with Crippen molar-refractivity contribution in [2.75, 3.05) is 6.61 Å². The first-order valence-corrected chi connectivity index (χ1v) is 16.7. The number of esters is 2. The van der Waals surface area contributed by atoms with E-state index in [4.69, 9.17) is 9.47 Å². The fourth-order valence-corrected chi connectivity index (χ4v) is 8.86. The Bertz CT molecular complexity index is 1220. The molecule has 0 aliphatic heterocycles. The Labute approximate surface area is 263 Å². The average Bonchev–Trinajstić information content (AvgIpc) is 3.37. The number of ether oxygens (including phenoxy) is 2. The number of hydrogen-bond acceptors (Lipinski definition) is 8. The molecule has 0 bridgehead atoms. The Morgan fingerprint density at radius 3 is 2.23 bits per heavy atom. The van der Waals surface area contributed by atoms with Gasteiger partial charge < -0.3 is 24.8 Å². The van der Waals surface area contributed by atoms with Crippen LogP contribution in [0.2, 0.25) is 0 Å². The fourth-order valence-electron chi connectivity index (χ4n) is 8.86. The van der Waals surface area contributed by atoms with Gasteiger partial charge in [-0.15, -0.1) is 0 Å². The minimum Gasteiger partial charge on any atom is -0.458 e. The summed E-state index contributed by atoms with van der Waals surface area (Å²) in [5.41, 5.74) is -4.10. The van der Waals surface area contributed by atoms with E-state index < -0.39 is 76.3 Å². The highest BCUT2D eigenvalue weighted by Crippen LogP contribution is 2.77. The summed E-state index contributed by atoms with van der Waals surface area (Å²) in [6, 6.07) is 0. The average molecular weight is 615 g/mol. The summed E-state index contributed by atoms with van der Waals surface area (Å²) in [4.78, 5) is 40.0. The fraction of sp³-hybridized carbons (Fsp3) is 0.750. The summed E-state index contributed by atoms with van der Waals surface area (Å²) in [6.07, 6.45) is 12.6. The summed E-state index contributed by atoms with van der Waals surface area (Å²) in [7, 11) is 0. The molecule has 44 heavy (non-hydrogen) atoms. The third kappa shape index (κ3) is 5.64. The SMILES string of the molecule is CCCCCCCCCCC(=O)O[C@@H]1[C@@H](C)[C@@]2(O)[C@@H](C=C(CO)C[C@]3(O)C(=O)C(C)=C[C@@H]23)[C@@H]2C(C)(C)[C@]12OC(=O)C=C(C)C. The Kier molecular flexibility index (Phi) is 10.1. The third-order valence-corrected chi connectivity index (χ3v) is 11.1. The van der Waals surface area contributed by atoms with E-state index in [0.29, 0.717) is 17.6 Å². The van der Waals surface area contributed by atoms with Crippen LogP contribution in [-0.4, -0.2) is 62.6 Å². The largest absolute Gasteiger partial charge is 0.458 e. The van der Waals surface area contributed by atoms with Crippen LogP contribution < -0.4 is 0 Å². The molecule has 246 valence electrons. The van der Waals surface area contributed by atoms with Crippen molar-refractivity contribution in [2.45, 2.75) is 136 Å². The van der Waals surface area contributed by atoms with Gasteiger partial charge >= 0.3 is 11.9 Å². The molecule has 8 nitrogen and oxygen atoms in total. The number of hydrogen-bond donors (Lipinski definition) is 3. The van der Waals surface area contributed by atoms with E-state index in [9.17, 15) is 29.7 Å². The van der Waals surface area contributed by atoms with E-state index in [0.717, 1.165) is 24.8 Å². The third-order valence-electron chi connectivity index (χ3n) is 11.1. The predicted molar refractivity (Wildman–Crippen MR) is 167 cm³/mol. The zero-order valence-corrected chi connectivity index (χ0v) is 27.8. The highest BCUT2D eigenvalue weighted by molar-refractivity contribution is 6.04. The lowest BCUT2D eigenvalue weighted by Gasteiger charge is -2.53. The number of Topliss-reactive ketones (excluding diaryl/α,β-unsaturated/α-hetero) is 1. The number of aliphatic hydroxyl groups excluding tert-OH is 1. The van der Waals surface area contributed by atoms with Crippen molar-refractivity contribution in [1.29, 1.82) is 0 Å². The van der Waals surface area contributed by atoms with E-state index in [1.807, 2.05) is 13.8 Å². The lowest BCUT2D eigenvalue weighted by Crippen LogP contribution is -2.66. The van der Waals surface area contributed by atoms with Crippen LogP contribution in [0, 0.1) is 29.1 Å². The number of fused-ring (bicyclic) bond motifs is 5. The van der Waals surface area contributed by atoms with Gasteiger partial charge in [-0.2, -0.15) is 0 Å². The van der Waals surface area contributed by atoms with Crippen molar-refractivity contribution in [3.05, 3.63) is 34.9 Å². The maximum atomic E-state index is 13.4. The molecule has 0 saturated heterocycles. The molecule has 0 aromatic rings. The molecule has 4 rings (SSSR count). The summed E-state index contributed by atoms with van der Waals surface area (Å²) in [6.45, 7) is 12.7. The van der Waals surface area contributed by atoms with Crippen molar-refractivity contribution < 1.29 is 39.2 Å². The number of allylic oxidation sites excluding steroid dienone is 1. The van der Waals surface area contributed by atoms with Gasteiger partial charge in [0.05, 0.1) is 12.2 Å². The molecule has 4 aliphatic rings. The molecule has 2 fully saturated rings. The molecule has 0 aromatic heterocycles. The predicted octanol–water partition coefficient (Wildman–Crippen LogP) is 5.53. The molecule has 0 aromatic carbocycles. The standard InChI is InChI=1S/C36H54O8/c1-8-9-10-11-12-13-14-15-16-28(38)43-32-24(5)35(42)26(30-33(6,7)36(30,32)44-29(39)17-22(2)3)19-25(21-37)20-34(41)27(35)18-23(4)31(34)40/h17-19,24,26-27,30,32,37,41-42H,8-16,20-21H2,1-7H3/t24-,26+,27-,30-,32-,34-,35-,36-/m1/s1. The van der Waals surface area contributed by atoms with E-state index in [1.165, 1.54) is 31.8 Å². The normalized spacial score (nSPS) is 36.6. The van der Waals surface area contributed by atoms with Crippen LogP contribution in [-0.2, 0) is 23.9 Å². The van der Waals surface area contributed by atoms with E-state index >= 15 is 0 Å². The molecule has 0 unspecified atom stereocenters. The van der Waals surface area contributed by atoms with Crippen molar-refractivity contribution >= 4 is 17.7 Å². The highest BCUT2D eigenvalue weighted by Gasteiger charge is 2.87. The smallest absolute Gasteiger partial charge is 0.331 e. The topological polar surface area (TPSA) is 130 Å². The zero-order chi connectivity index (χ0) is 32.7. The Hall–Kier alpha value is -2.29. The van der Waals surface area contributed by atoms with E-state index in [2.05, 4.69) is 6.92 Å². The molecule has 3 N–H and O–H groups in total. The van der Waals surface area contributed by atoms with Crippen LogP contribution in [0.15, 0.2) is 34.9 Å². The van der Waals surface area contributed by atoms with E-state index in [-0.39, 0.29) is 12.8 Å². The van der Waals surface area contributed by atoms with Crippen LogP contribution in [0.25, 0.3) is 0 Å². The van der Waals surface area contributed by atoms with Gasteiger partial charge in [-0.05, 0) is 38.3 Å². The molecule has 4 aliphatic carbocycles. The molecule has 0 amide bonds. The minimum absolute atomic E-state index is 0.118. The first-order chi connectivity index (χ1) is 20.6. The molecular weight excluding hydrogens is 560 g/mol. The first-order valence-electron chi connectivity index (χ1n) is 16.7. The van der Waals surface area contributed by atoms with Crippen LogP contribution in [0.3, 0.4) is 0 Å². The lowest BCUT2D eigenvalue weighted by molar-refractivity contribution is -0.227. The molecule has 8 atom stereocenters. The molecule has 8 heteroatoms. The first kappa shape index (κ1) is 34.6. The van der Waals surface area contributed by atoms with Gasteiger partial charge in [-0.3, -0.25) is 9.59 Å². The second kappa shape index (κ2) is 12.8. The van der Waals surface area contributed by atoms with Gasteiger partial charge in [0.2, 0.25) is 0 Å². The van der Waals surface area contributed by atoms with Crippen LogP contribution in [0.4, 0.5) is 0 Å². The summed E-state index contributed by atoms with van der Waals surface area (Å²) < 4.78 is 12.5. The summed E-state index contributed by atoms with van der Waals surface area (Å²) in [5, 5.41) is 35.0. The second-order valence-corrected chi connectivity index (χ2v) is 14.7. The van der Waals surface area contributed by atoms with Crippen LogP contribution in [0.5, 0.6) is 0 Å². The maximum absolute atomic E-state index is 13.4. The number of unbranched alkanes of at least 4 members (excludes halogenated alkanes) is 7. The maximum Gasteiger partial charge on any atom is 0.331 e. The Balaban J connectivity index is 1.69. The van der Waals surface area contributed by atoms with Gasteiger partial charge in [0.1, 0.15) is 11.7 Å². The zero-order valence-electron chi connectivity index (χ0n) is 27.8.